The van der Waals surface area contributed by atoms with Crippen LogP contribution in [0.5, 0.6) is 0 Å². The Morgan fingerprint density at radius 2 is 1.96 bits per heavy atom. The van der Waals surface area contributed by atoms with Gasteiger partial charge >= 0.3 is 0 Å². The largest absolute Gasteiger partial charge is 0.320 e. The highest BCUT2D eigenvalue weighted by atomic mass is 35.5. The number of nitrogens with one attached hydrogen (secondary N) is 1. The zero-order valence-electron chi connectivity index (χ0n) is 15.4. The van der Waals surface area contributed by atoms with E-state index in [-0.39, 0.29) is 15.9 Å². The van der Waals surface area contributed by atoms with Crippen LogP contribution in [0.15, 0.2) is 30.3 Å². The Balaban J connectivity index is 1.66. The van der Waals surface area contributed by atoms with Gasteiger partial charge in [-0.2, -0.15) is 0 Å². The molecule has 0 unspecified atom stereocenters. The lowest BCUT2D eigenvalue weighted by atomic mass is 10.1. The van der Waals surface area contributed by atoms with Crippen molar-refractivity contribution in [2.24, 2.45) is 0 Å². The van der Waals surface area contributed by atoms with Crippen LogP contribution in [-0.2, 0) is 13.0 Å². The number of benzene rings is 1. The first-order valence-corrected chi connectivity index (χ1v) is 9.95. The second kappa shape index (κ2) is 7.89. The molecule has 0 radical (unpaired) electrons. The van der Waals surface area contributed by atoms with Crippen LogP contribution in [-0.4, -0.2) is 25.7 Å². The molecule has 0 aliphatic carbocycles. The van der Waals surface area contributed by atoms with Crippen LogP contribution in [0.1, 0.15) is 41.1 Å². The van der Waals surface area contributed by atoms with Gasteiger partial charge in [0, 0.05) is 24.2 Å². The summed E-state index contributed by atoms with van der Waals surface area (Å²) in [6.07, 6.45) is 4.40. The first-order chi connectivity index (χ1) is 13.5. The Kier molecular flexibility index (Phi) is 5.33. The summed E-state index contributed by atoms with van der Waals surface area (Å²) in [6, 6.07) is 8.96. The molecular formula is C20H19Cl2N5O. The van der Waals surface area contributed by atoms with Gasteiger partial charge in [-0.25, -0.2) is 4.98 Å². The average molecular weight is 416 g/mol. The van der Waals surface area contributed by atoms with Crippen LogP contribution in [0.2, 0.25) is 10.2 Å². The number of aromatic nitrogens is 4. The number of nitrogens with zero attached hydrogens (tertiary/aromatic N) is 4. The lowest BCUT2D eigenvalue weighted by Crippen LogP contribution is -2.15. The Labute approximate surface area is 172 Å². The molecule has 0 bridgehead atoms. The molecule has 1 N–H and O–H groups in total. The minimum Gasteiger partial charge on any atom is -0.320 e. The third-order valence-electron chi connectivity index (χ3n) is 4.88. The number of amides is 1. The number of carbonyl (C=O) groups is 1. The standard InChI is InChI=1S/C20H19Cl2N5O/c1-12-6-7-13(19-26-25-17-5-3-2-4-10-27(17)19)11-15(12)23-20(28)18-14(21)8-9-16(22)24-18/h6-9,11H,2-5,10H2,1H3,(H,23,28). The summed E-state index contributed by atoms with van der Waals surface area (Å²) in [7, 11) is 0. The van der Waals surface area contributed by atoms with E-state index >= 15 is 0 Å². The fraction of sp³-hybridized carbons (Fsp3) is 0.300. The highest BCUT2D eigenvalue weighted by Crippen LogP contribution is 2.27. The lowest BCUT2D eigenvalue weighted by molar-refractivity contribution is 0.102. The normalized spacial score (nSPS) is 13.7. The van der Waals surface area contributed by atoms with Crippen LogP contribution in [0, 0.1) is 6.92 Å². The monoisotopic (exact) mass is 415 g/mol. The van der Waals surface area contributed by atoms with Gasteiger partial charge < -0.3 is 9.88 Å². The molecular weight excluding hydrogens is 397 g/mol. The van der Waals surface area contributed by atoms with Gasteiger partial charge in [-0.05, 0) is 43.5 Å². The number of carbonyl (C=O) groups excluding carboxylic acids is 1. The molecule has 1 aliphatic heterocycles. The molecule has 6 nitrogen and oxygen atoms in total. The summed E-state index contributed by atoms with van der Waals surface area (Å²) in [5, 5.41) is 12.1. The molecule has 3 aromatic rings. The predicted molar refractivity (Wildman–Crippen MR) is 110 cm³/mol. The minimum atomic E-state index is -0.409. The molecule has 1 amide bonds. The highest BCUT2D eigenvalue weighted by Gasteiger charge is 2.18. The van der Waals surface area contributed by atoms with Crippen molar-refractivity contribution in [2.45, 2.75) is 39.2 Å². The van der Waals surface area contributed by atoms with Crippen LogP contribution in [0.4, 0.5) is 5.69 Å². The van der Waals surface area contributed by atoms with Crippen molar-refractivity contribution in [2.75, 3.05) is 5.32 Å². The maximum absolute atomic E-state index is 12.7. The first-order valence-electron chi connectivity index (χ1n) is 9.19. The van der Waals surface area contributed by atoms with Gasteiger partial charge in [0.15, 0.2) is 5.82 Å². The topological polar surface area (TPSA) is 72.7 Å². The molecule has 1 aliphatic rings. The molecule has 4 rings (SSSR count). The van der Waals surface area contributed by atoms with E-state index in [2.05, 4.69) is 25.1 Å². The molecule has 8 heteroatoms. The average Bonchev–Trinajstić information content (AvgIpc) is 2.93. The van der Waals surface area contributed by atoms with Crippen molar-refractivity contribution < 1.29 is 4.79 Å². The van der Waals surface area contributed by atoms with E-state index in [1.165, 1.54) is 6.42 Å². The van der Waals surface area contributed by atoms with Crippen LogP contribution in [0.3, 0.4) is 0 Å². The van der Waals surface area contributed by atoms with Gasteiger partial charge in [0.2, 0.25) is 0 Å². The maximum atomic E-state index is 12.7. The predicted octanol–water partition coefficient (Wildman–Crippen LogP) is 4.93. The summed E-state index contributed by atoms with van der Waals surface area (Å²) in [4.78, 5) is 16.7. The van der Waals surface area contributed by atoms with Gasteiger partial charge in [0.1, 0.15) is 16.7 Å². The zero-order valence-corrected chi connectivity index (χ0v) is 16.9. The quantitative estimate of drug-likeness (QED) is 0.615. The van der Waals surface area contributed by atoms with Crippen LogP contribution < -0.4 is 5.32 Å². The first kappa shape index (κ1) is 18.9. The van der Waals surface area contributed by atoms with Crippen LogP contribution >= 0.6 is 23.2 Å². The Morgan fingerprint density at radius 3 is 2.82 bits per heavy atom. The Morgan fingerprint density at radius 1 is 1.11 bits per heavy atom. The third kappa shape index (κ3) is 3.75. The molecule has 0 saturated heterocycles. The fourth-order valence-electron chi connectivity index (χ4n) is 3.35. The van der Waals surface area contributed by atoms with Gasteiger partial charge in [0.25, 0.3) is 5.91 Å². The molecule has 0 saturated carbocycles. The molecule has 144 valence electrons. The van der Waals surface area contributed by atoms with E-state index in [1.807, 2.05) is 25.1 Å². The van der Waals surface area contributed by atoms with Gasteiger partial charge in [-0.15, -0.1) is 10.2 Å². The summed E-state index contributed by atoms with van der Waals surface area (Å²) in [6.45, 7) is 2.84. The summed E-state index contributed by atoms with van der Waals surface area (Å²) in [5.41, 5.74) is 2.60. The van der Waals surface area contributed by atoms with Gasteiger partial charge in [-0.3, -0.25) is 4.79 Å². The fourth-order valence-corrected chi connectivity index (χ4v) is 3.69. The minimum absolute atomic E-state index is 0.0929. The van der Waals surface area contributed by atoms with Crippen molar-refractivity contribution in [3.05, 3.63) is 57.6 Å². The molecule has 3 heterocycles. The second-order valence-electron chi connectivity index (χ2n) is 6.85. The molecule has 1 aromatic carbocycles. The zero-order chi connectivity index (χ0) is 19.7. The highest BCUT2D eigenvalue weighted by molar-refractivity contribution is 6.35. The SMILES string of the molecule is Cc1ccc(-c2nnc3n2CCCCC3)cc1NC(=O)c1nc(Cl)ccc1Cl. The van der Waals surface area contributed by atoms with E-state index in [0.29, 0.717) is 5.69 Å². The number of pyridine rings is 1. The number of rotatable bonds is 3. The molecule has 0 atom stereocenters. The van der Waals surface area contributed by atoms with E-state index in [4.69, 9.17) is 23.2 Å². The molecule has 2 aromatic heterocycles. The van der Waals surface area contributed by atoms with E-state index in [9.17, 15) is 4.79 Å². The number of anilines is 1. The molecule has 28 heavy (non-hydrogen) atoms. The van der Waals surface area contributed by atoms with E-state index < -0.39 is 5.91 Å². The smallest absolute Gasteiger partial charge is 0.275 e. The number of fused-ring (bicyclic) bond motifs is 1. The van der Waals surface area contributed by atoms with Crippen LogP contribution in [0.25, 0.3) is 11.4 Å². The van der Waals surface area contributed by atoms with E-state index in [1.54, 1.807) is 12.1 Å². The maximum Gasteiger partial charge on any atom is 0.275 e. The van der Waals surface area contributed by atoms with Crippen molar-refractivity contribution in [3.63, 3.8) is 0 Å². The van der Waals surface area contributed by atoms with Crippen molar-refractivity contribution in [1.82, 2.24) is 19.7 Å². The molecule has 0 fully saturated rings. The summed E-state index contributed by atoms with van der Waals surface area (Å²) >= 11 is 12.0. The Bertz CT molecular complexity index is 1050. The summed E-state index contributed by atoms with van der Waals surface area (Å²) in [5.74, 6) is 1.44. The van der Waals surface area contributed by atoms with Crippen molar-refractivity contribution in [1.29, 1.82) is 0 Å². The van der Waals surface area contributed by atoms with E-state index in [0.717, 1.165) is 48.6 Å². The number of hydrogen-bond donors (Lipinski definition) is 1. The lowest BCUT2D eigenvalue weighted by Gasteiger charge is -2.12. The molecule has 0 spiro atoms. The van der Waals surface area contributed by atoms with Gasteiger partial charge in [-0.1, -0.05) is 41.8 Å². The summed E-state index contributed by atoms with van der Waals surface area (Å²) < 4.78 is 2.18. The number of aryl methyl sites for hydroxylation is 2. The number of hydrogen-bond acceptors (Lipinski definition) is 4. The van der Waals surface area contributed by atoms with Crippen molar-refractivity contribution >= 4 is 34.8 Å². The third-order valence-corrected chi connectivity index (χ3v) is 5.40. The number of halogens is 2. The second-order valence-corrected chi connectivity index (χ2v) is 7.64. The van der Waals surface area contributed by atoms with Crippen molar-refractivity contribution in [3.8, 4) is 11.4 Å². The van der Waals surface area contributed by atoms with Gasteiger partial charge in [0.05, 0.1) is 5.02 Å². The Hall–Kier alpha value is -2.44.